The summed E-state index contributed by atoms with van der Waals surface area (Å²) in [6.45, 7) is 4.36. The van der Waals surface area contributed by atoms with Crippen molar-refractivity contribution in [3.8, 4) is 0 Å². The summed E-state index contributed by atoms with van der Waals surface area (Å²) in [5.74, 6) is -0.377. The molecule has 1 aromatic rings. The zero-order chi connectivity index (χ0) is 21.0. The van der Waals surface area contributed by atoms with Gasteiger partial charge in [-0.2, -0.15) is 0 Å². The van der Waals surface area contributed by atoms with Crippen molar-refractivity contribution < 1.29 is 19.1 Å². The van der Waals surface area contributed by atoms with Gasteiger partial charge in [-0.1, -0.05) is 31.9 Å². The summed E-state index contributed by atoms with van der Waals surface area (Å²) in [6.07, 6.45) is 4.72. The zero-order valence-electron chi connectivity index (χ0n) is 17.3. The number of rotatable bonds is 7. The molecule has 1 aromatic carbocycles. The highest BCUT2D eigenvalue weighted by Crippen LogP contribution is 2.33. The van der Waals surface area contributed by atoms with Crippen molar-refractivity contribution in [1.82, 2.24) is 10.2 Å². The van der Waals surface area contributed by atoms with Crippen LogP contribution >= 0.6 is 0 Å². The van der Waals surface area contributed by atoms with E-state index in [1.54, 1.807) is 17.9 Å². The zero-order valence-corrected chi connectivity index (χ0v) is 17.3. The van der Waals surface area contributed by atoms with Crippen LogP contribution in [0.4, 0.5) is 10.5 Å². The highest BCUT2D eigenvalue weighted by atomic mass is 16.5. The molecule has 156 valence electrons. The standard InChI is InChI=1S/C22H29N3O4/c1-4-5-12-25-14(2)18(21(27)29-3)19(24-22(25)28)16-10-7-11-17(13-16)23-20(26)15-8-6-9-15/h7,10-11,13,15,19H,4-6,8-9,12H2,1-3H3,(H,23,26)(H,24,28). The maximum absolute atomic E-state index is 12.7. The van der Waals surface area contributed by atoms with E-state index < -0.39 is 12.0 Å². The third kappa shape index (κ3) is 4.44. The monoisotopic (exact) mass is 399 g/mol. The molecule has 1 heterocycles. The molecular formula is C22H29N3O4. The van der Waals surface area contributed by atoms with Crippen LogP contribution in [0.3, 0.4) is 0 Å². The number of benzene rings is 1. The molecule has 0 radical (unpaired) electrons. The van der Waals surface area contributed by atoms with Gasteiger partial charge in [-0.3, -0.25) is 9.69 Å². The first-order chi connectivity index (χ1) is 14.0. The Morgan fingerprint density at radius 1 is 1.31 bits per heavy atom. The van der Waals surface area contributed by atoms with Crippen LogP contribution in [-0.2, 0) is 14.3 Å². The number of nitrogens with one attached hydrogen (secondary N) is 2. The number of nitrogens with zero attached hydrogens (tertiary/aromatic N) is 1. The van der Waals surface area contributed by atoms with E-state index in [2.05, 4.69) is 10.6 Å². The minimum absolute atomic E-state index is 0.0201. The number of anilines is 1. The molecule has 2 aliphatic rings. The van der Waals surface area contributed by atoms with E-state index in [-0.39, 0.29) is 17.9 Å². The number of methoxy groups -OCH3 is 1. The Morgan fingerprint density at radius 2 is 2.07 bits per heavy atom. The van der Waals surface area contributed by atoms with E-state index in [1.807, 2.05) is 25.1 Å². The summed E-state index contributed by atoms with van der Waals surface area (Å²) in [7, 11) is 1.34. The van der Waals surface area contributed by atoms with Gasteiger partial charge in [0.2, 0.25) is 5.91 Å². The van der Waals surface area contributed by atoms with Crippen LogP contribution < -0.4 is 10.6 Å². The number of urea groups is 1. The molecule has 0 spiro atoms. The molecule has 1 atom stereocenters. The highest BCUT2D eigenvalue weighted by molar-refractivity contribution is 5.95. The van der Waals surface area contributed by atoms with Crippen LogP contribution in [0.15, 0.2) is 35.5 Å². The molecule has 1 saturated carbocycles. The second kappa shape index (κ2) is 9.11. The van der Waals surface area contributed by atoms with Crippen molar-refractivity contribution in [2.24, 2.45) is 5.92 Å². The van der Waals surface area contributed by atoms with Crippen molar-refractivity contribution in [3.05, 3.63) is 41.1 Å². The molecule has 1 fully saturated rings. The van der Waals surface area contributed by atoms with Crippen molar-refractivity contribution in [2.75, 3.05) is 19.0 Å². The fraction of sp³-hybridized carbons (Fsp3) is 0.500. The minimum atomic E-state index is -0.631. The Bertz CT molecular complexity index is 829. The van der Waals surface area contributed by atoms with Gasteiger partial charge in [-0.15, -0.1) is 0 Å². The minimum Gasteiger partial charge on any atom is -0.466 e. The third-order valence-corrected chi connectivity index (χ3v) is 5.70. The van der Waals surface area contributed by atoms with Crippen LogP contribution in [0.1, 0.15) is 57.6 Å². The van der Waals surface area contributed by atoms with E-state index in [1.165, 1.54) is 7.11 Å². The number of allylic oxidation sites excluding steroid dienone is 1. The average molecular weight is 399 g/mol. The number of hydrogen-bond acceptors (Lipinski definition) is 4. The summed E-state index contributed by atoms with van der Waals surface area (Å²) in [6, 6.07) is 6.39. The number of unbranched alkanes of at least 4 members (excludes halogenated alkanes) is 1. The molecule has 1 unspecified atom stereocenters. The SMILES string of the molecule is CCCCN1C(=O)NC(c2cccc(NC(=O)C3CCC3)c2)C(C(=O)OC)=C1C. The van der Waals surface area contributed by atoms with Gasteiger partial charge in [0.1, 0.15) is 0 Å². The van der Waals surface area contributed by atoms with Gasteiger partial charge in [0.25, 0.3) is 0 Å². The van der Waals surface area contributed by atoms with Gasteiger partial charge in [-0.05, 0) is 43.9 Å². The van der Waals surface area contributed by atoms with Crippen molar-refractivity contribution >= 4 is 23.6 Å². The Hall–Kier alpha value is -2.83. The first-order valence-electron chi connectivity index (χ1n) is 10.2. The predicted octanol–water partition coefficient (Wildman–Crippen LogP) is 3.74. The smallest absolute Gasteiger partial charge is 0.337 e. The molecular weight excluding hydrogens is 370 g/mol. The summed E-state index contributed by atoms with van der Waals surface area (Å²) in [5.41, 5.74) is 2.39. The molecule has 3 rings (SSSR count). The maximum atomic E-state index is 12.7. The quantitative estimate of drug-likeness (QED) is 0.684. The summed E-state index contributed by atoms with van der Waals surface area (Å²) in [5, 5.41) is 5.87. The molecule has 0 saturated heterocycles. The number of ether oxygens (including phenoxy) is 1. The highest BCUT2D eigenvalue weighted by Gasteiger charge is 2.36. The van der Waals surface area contributed by atoms with E-state index in [0.29, 0.717) is 23.5 Å². The lowest BCUT2D eigenvalue weighted by atomic mass is 9.85. The summed E-state index contributed by atoms with van der Waals surface area (Å²) >= 11 is 0. The normalized spacial score (nSPS) is 19.5. The van der Waals surface area contributed by atoms with Gasteiger partial charge in [0.15, 0.2) is 0 Å². The number of carbonyl (C=O) groups excluding carboxylic acids is 3. The Morgan fingerprint density at radius 3 is 2.69 bits per heavy atom. The van der Waals surface area contributed by atoms with Crippen LogP contribution in [0.25, 0.3) is 0 Å². The molecule has 2 N–H and O–H groups in total. The van der Waals surface area contributed by atoms with Crippen molar-refractivity contribution in [3.63, 3.8) is 0 Å². The van der Waals surface area contributed by atoms with E-state index in [4.69, 9.17) is 4.74 Å². The molecule has 3 amide bonds. The van der Waals surface area contributed by atoms with Crippen molar-refractivity contribution in [1.29, 1.82) is 0 Å². The topological polar surface area (TPSA) is 87.7 Å². The summed E-state index contributed by atoms with van der Waals surface area (Å²) in [4.78, 5) is 39.1. The van der Waals surface area contributed by atoms with Crippen molar-refractivity contribution in [2.45, 2.75) is 52.0 Å². The Labute approximate surface area is 171 Å². The average Bonchev–Trinajstić information content (AvgIpc) is 2.65. The molecule has 1 aliphatic heterocycles. The molecule has 29 heavy (non-hydrogen) atoms. The van der Waals surface area contributed by atoms with Crippen LogP contribution in [-0.4, -0.2) is 36.5 Å². The van der Waals surface area contributed by atoms with Crippen LogP contribution in [0.2, 0.25) is 0 Å². The molecule has 7 heteroatoms. The van der Waals surface area contributed by atoms with Gasteiger partial charge in [-0.25, -0.2) is 9.59 Å². The molecule has 1 aliphatic carbocycles. The van der Waals surface area contributed by atoms with E-state index in [0.717, 1.165) is 37.7 Å². The fourth-order valence-electron chi connectivity index (χ4n) is 3.70. The van der Waals surface area contributed by atoms with Gasteiger partial charge in [0, 0.05) is 23.8 Å². The molecule has 0 bridgehead atoms. The molecule has 7 nitrogen and oxygen atoms in total. The lowest BCUT2D eigenvalue weighted by molar-refractivity contribution is -0.136. The van der Waals surface area contributed by atoms with E-state index in [9.17, 15) is 14.4 Å². The largest absolute Gasteiger partial charge is 0.466 e. The Kier molecular flexibility index (Phi) is 6.56. The summed E-state index contributed by atoms with van der Waals surface area (Å²) < 4.78 is 5.00. The lowest BCUT2D eigenvalue weighted by Gasteiger charge is -2.35. The van der Waals surface area contributed by atoms with Gasteiger partial charge < -0.3 is 15.4 Å². The second-order valence-corrected chi connectivity index (χ2v) is 7.62. The first kappa shape index (κ1) is 20.9. The van der Waals surface area contributed by atoms with E-state index >= 15 is 0 Å². The van der Waals surface area contributed by atoms with Gasteiger partial charge >= 0.3 is 12.0 Å². The lowest BCUT2D eigenvalue weighted by Crippen LogP contribution is -2.48. The van der Waals surface area contributed by atoms with Gasteiger partial charge in [0.05, 0.1) is 18.7 Å². The number of esters is 1. The predicted molar refractivity (Wildman–Crippen MR) is 110 cm³/mol. The number of amides is 3. The number of carbonyl (C=O) groups is 3. The van der Waals surface area contributed by atoms with Crippen LogP contribution in [0, 0.1) is 5.92 Å². The van der Waals surface area contributed by atoms with Crippen LogP contribution in [0.5, 0.6) is 0 Å². The number of hydrogen-bond donors (Lipinski definition) is 2. The third-order valence-electron chi connectivity index (χ3n) is 5.70. The molecule has 0 aromatic heterocycles. The first-order valence-corrected chi connectivity index (χ1v) is 10.2. The maximum Gasteiger partial charge on any atom is 0.337 e. The Balaban J connectivity index is 1.90. The fourth-order valence-corrected chi connectivity index (χ4v) is 3.70. The second-order valence-electron chi connectivity index (χ2n) is 7.62.